The van der Waals surface area contributed by atoms with E-state index in [2.05, 4.69) is 11.1 Å². The molecule has 0 saturated heterocycles. The van der Waals surface area contributed by atoms with Gasteiger partial charge in [-0.1, -0.05) is 53.3 Å². The van der Waals surface area contributed by atoms with E-state index in [4.69, 9.17) is 25.8 Å². The molecular weight excluding hydrogens is 593 g/mol. The summed E-state index contributed by atoms with van der Waals surface area (Å²) in [6.45, 7) is 3.61. The zero-order valence-corrected chi connectivity index (χ0v) is 25.0. The van der Waals surface area contributed by atoms with Crippen LogP contribution in [0.1, 0.15) is 42.1 Å². The molecule has 43 heavy (non-hydrogen) atoms. The number of fused-ring (bicyclic) bond motifs is 1. The lowest BCUT2D eigenvalue weighted by Gasteiger charge is -2.24. The van der Waals surface area contributed by atoms with E-state index in [0.717, 1.165) is 11.3 Å². The highest BCUT2D eigenvalue weighted by molar-refractivity contribution is 7.07. The van der Waals surface area contributed by atoms with E-state index in [1.807, 2.05) is 6.07 Å². The number of esters is 1. The molecule has 11 heteroatoms. The van der Waals surface area contributed by atoms with Crippen LogP contribution >= 0.6 is 22.9 Å². The minimum absolute atomic E-state index is 0.100. The molecule has 4 aromatic rings. The lowest BCUT2D eigenvalue weighted by atomic mass is 9.96. The van der Waals surface area contributed by atoms with Gasteiger partial charge in [0, 0.05) is 5.56 Å². The molecular formula is C32H25ClFN3O5S. The molecule has 0 radical (unpaired) electrons. The van der Waals surface area contributed by atoms with Gasteiger partial charge in [-0.05, 0) is 61.4 Å². The van der Waals surface area contributed by atoms with Crippen molar-refractivity contribution in [2.75, 3.05) is 13.7 Å². The number of hydrogen-bond acceptors (Lipinski definition) is 8. The number of nitriles is 1. The van der Waals surface area contributed by atoms with E-state index in [0.29, 0.717) is 48.8 Å². The summed E-state index contributed by atoms with van der Waals surface area (Å²) in [5.41, 5.74) is 2.51. The topological polar surface area (TPSA) is 103 Å². The molecule has 0 fully saturated rings. The molecule has 1 atom stereocenters. The fraction of sp³-hybridized carbons (Fsp3) is 0.188. The van der Waals surface area contributed by atoms with Gasteiger partial charge in [-0.3, -0.25) is 9.36 Å². The Labute approximate surface area is 255 Å². The van der Waals surface area contributed by atoms with Gasteiger partial charge in [0.2, 0.25) is 0 Å². The number of hydrogen-bond donors (Lipinski definition) is 0. The summed E-state index contributed by atoms with van der Waals surface area (Å²) in [6, 6.07) is 17.3. The van der Waals surface area contributed by atoms with Crippen LogP contribution in [0.2, 0.25) is 5.02 Å². The average Bonchev–Trinajstić information content (AvgIpc) is 3.30. The van der Waals surface area contributed by atoms with E-state index in [1.54, 1.807) is 50.3 Å². The number of benzene rings is 3. The van der Waals surface area contributed by atoms with Gasteiger partial charge in [0.15, 0.2) is 16.3 Å². The lowest BCUT2D eigenvalue weighted by molar-refractivity contribution is -0.139. The molecule has 218 valence electrons. The fourth-order valence-electron chi connectivity index (χ4n) is 4.77. The molecule has 2 heterocycles. The molecule has 1 aliphatic rings. The van der Waals surface area contributed by atoms with Crippen molar-refractivity contribution in [3.63, 3.8) is 0 Å². The Kier molecular flexibility index (Phi) is 8.76. The van der Waals surface area contributed by atoms with Gasteiger partial charge in [0.05, 0.1) is 52.2 Å². The second kappa shape index (κ2) is 12.7. The Morgan fingerprint density at radius 1 is 1.21 bits per heavy atom. The van der Waals surface area contributed by atoms with Crippen molar-refractivity contribution < 1.29 is 23.4 Å². The van der Waals surface area contributed by atoms with Crippen LogP contribution in [0, 0.1) is 17.1 Å². The third-order valence-corrected chi connectivity index (χ3v) is 8.03. The summed E-state index contributed by atoms with van der Waals surface area (Å²) in [6.07, 6.45) is 1.65. The molecule has 1 aliphatic heterocycles. The largest absolute Gasteiger partial charge is 0.493 e. The predicted octanol–water partition coefficient (Wildman–Crippen LogP) is 5.05. The maximum atomic E-state index is 13.8. The number of allylic oxidation sites excluding steroid dienone is 1. The van der Waals surface area contributed by atoms with Gasteiger partial charge in [0.1, 0.15) is 12.4 Å². The summed E-state index contributed by atoms with van der Waals surface area (Å²) >= 11 is 7.75. The maximum Gasteiger partial charge on any atom is 0.338 e. The number of rotatable bonds is 8. The molecule has 3 aromatic carbocycles. The van der Waals surface area contributed by atoms with Gasteiger partial charge in [-0.15, -0.1) is 0 Å². The Balaban J connectivity index is 1.57. The predicted molar refractivity (Wildman–Crippen MR) is 160 cm³/mol. The van der Waals surface area contributed by atoms with Gasteiger partial charge in [-0.2, -0.15) is 5.26 Å². The van der Waals surface area contributed by atoms with Crippen molar-refractivity contribution in [3.8, 4) is 17.6 Å². The van der Waals surface area contributed by atoms with Crippen LogP contribution in [-0.2, 0) is 16.1 Å². The minimum atomic E-state index is -0.858. The molecule has 0 saturated carbocycles. The number of nitrogens with zero attached hydrogens (tertiary/aromatic N) is 3. The summed E-state index contributed by atoms with van der Waals surface area (Å²) in [4.78, 5) is 31.8. The first-order valence-electron chi connectivity index (χ1n) is 13.2. The first-order chi connectivity index (χ1) is 20.7. The monoisotopic (exact) mass is 617 g/mol. The third kappa shape index (κ3) is 5.95. The van der Waals surface area contributed by atoms with Crippen LogP contribution in [0.25, 0.3) is 6.08 Å². The molecule has 5 rings (SSSR count). The van der Waals surface area contributed by atoms with Gasteiger partial charge >= 0.3 is 5.97 Å². The van der Waals surface area contributed by atoms with Gasteiger partial charge in [0.25, 0.3) is 5.56 Å². The molecule has 0 N–H and O–H groups in total. The Hall–Kier alpha value is -4.72. The highest BCUT2D eigenvalue weighted by atomic mass is 35.5. The maximum absolute atomic E-state index is 13.8. The quantitative estimate of drug-likeness (QED) is 0.256. The molecule has 1 aromatic heterocycles. The summed E-state index contributed by atoms with van der Waals surface area (Å²) < 4.78 is 32.3. The Morgan fingerprint density at radius 2 is 1.95 bits per heavy atom. The number of methoxy groups -OCH3 is 1. The van der Waals surface area contributed by atoms with E-state index < -0.39 is 23.4 Å². The number of halogens is 2. The zero-order valence-electron chi connectivity index (χ0n) is 23.4. The van der Waals surface area contributed by atoms with Crippen LogP contribution in [0.4, 0.5) is 4.39 Å². The normalized spacial score (nSPS) is 14.5. The van der Waals surface area contributed by atoms with Gasteiger partial charge < -0.3 is 14.2 Å². The van der Waals surface area contributed by atoms with Crippen LogP contribution < -0.4 is 24.4 Å². The third-order valence-electron chi connectivity index (χ3n) is 6.76. The second-order valence-corrected chi connectivity index (χ2v) is 10.9. The van der Waals surface area contributed by atoms with Crippen LogP contribution in [0.15, 0.2) is 81.7 Å². The fourth-order valence-corrected chi connectivity index (χ4v) is 6.09. The zero-order chi connectivity index (χ0) is 30.7. The minimum Gasteiger partial charge on any atom is -0.493 e. The molecule has 0 spiro atoms. The van der Waals surface area contributed by atoms with Crippen LogP contribution in [0.3, 0.4) is 0 Å². The smallest absolute Gasteiger partial charge is 0.338 e. The second-order valence-electron chi connectivity index (χ2n) is 9.45. The Morgan fingerprint density at radius 3 is 2.65 bits per heavy atom. The number of aromatic nitrogens is 1. The van der Waals surface area contributed by atoms with Crippen molar-refractivity contribution in [1.29, 1.82) is 5.26 Å². The number of carbonyl (C=O) groups is 1. The van der Waals surface area contributed by atoms with Gasteiger partial charge in [-0.25, -0.2) is 14.2 Å². The molecule has 8 nitrogen and oxygen atoms in total. The number of carbonyl (C=O) groups excluding carboxylic acids is 1. The van der Waals surface area contributed by atoms with Crippen molar-refractivity contribution in [1.82, 2.24) is 4.57 Å². The Bertz CT molecular complexity index is 1980. The number of ether oxygens (including phenoxy) is 3. The first-order valence-corrected chi connectivity index (χ1v) is 14.4. The highest BCUT2D eigenvalue weighted by Gasteiger charge is 2.33. The first kappa shape index (κ1) is 29.8. The molecule has 0 aliphatic carbocycles. The molecule has 0 amide bonds. The highest BCUT2D eigenvalue weighted by Crippen LogP contribution is 2.37. The lowest BCUT2D eigenvalue weighted by Crippen LogP contribution is -2.39. The van der Waals surface area contributed by atoms with Crippen molar-refractivity contribution in [3.05, 3.63) is 125 Å². The van der Waals surface area contributed by atoms with E-state index in [-0.39, 0.29) is 23.8 Å². The molecule has 0 unspecified atom stereocenters. The summed E-state index contributed by atoms with van der Waals surface area (Å²) in [5, 5.41) is 9.62. The van der Waals surface area contributed by atoms with Crippen molar-refractivity contribution >= 4 is 35.0 Å². The number of thiazole rings is 1. The summed E-state index contributed by atoms with van der Waals surface area (Å²) in [5.74, 6) is -0.411. The summed E-state index contributed by atoms with van der Waals surface area (Å²) in [7, 11) is 1.47. The van der Waals surface area contributed by atoms with E-state index >= 15 is 0 Å². The van der Waals surface area contributed by atoms with E-state index in [9.17, 15) is 19.2 Å². The van der Waals surface area contributed by atoms with Crippen molar-refractivity contribution in [2.24, 2.45) is 4.99 Å². The SMILES string of the molecule is CCOC(=O)C1=C(C)N=c2s/c(=C\c3cc(Cl)c(OCc4ccccc4C#N)c(OC)c3)c(=O)n2[C@@H]1c1ccc(F)cc1. The molecule has 0 bridgehead atoms. The standard InChI is InChI=1S/C32H25ClFN3O5S/c1-4-41-31(39)27-18(2)36-32-37(28(27)20-9-11-23(34)12-10-20)30(38)26(43-32)15-19-13-24(33)29(25(14-19)40-3)42-17-22-8-6-5-7-21(22)16-35/h5-15,28H,4,17H2,1-3H3/b26-15-/t28-/m1/s1. The van der Waals surface area contributed by atoms with Crippen LogP contribution in [0.5, 0.6) is 11.5 Å². The van der Waals surface area contributed by atoms with Crippen molar-refractivity contribution in [2.45, 2.75) is 26.5 Å². The van der Waals surface area contributed by atoms with E-state index in [1.165, 1.54) is 35.9 Å². The average molecular weight is 618 g/mol. The van der Waals surface area contributed by atoms with Crippen LogP contribution in [-0.4, -0.2) is 24.3 Å².